The smallest absolute Gasteiger partial charge is 0.0901 e. The predicted molar refractivity (Wildman–Crippen MR) is 122 cm³/mol. The minimum absolute atomic E-state index is 0. The van der Waals surface area contributed by atoms with Gasteiger partial charge in [0.05, 0.1) is 10.7 Å². The molecule has 0 saturated heterocycles. The number of hydrogen-bond donors (Lipinski definition) is 0. The number of hydrogen-bond acceptors (Lipinski definition) is 2. The highest BCUT2D eigenvalue weighted by Crippen LogP contribution is 2.21. The summed E-state index contributed by atoms with van der Waals surface area (Å²) in [5.41, 5.74) is 4.09. The van der Waals surface area contributed by atoms with Gasteiger partial charge in [-0.3, -0.25) is 0 Å². The number of thiazole rings is 1. The number of allylic oxidation sites excluding steroid dienone is 3. The van der Waals surface area contributed by atoms with E-state index in [0.29, 0.717) is 5.92 Å². The Kier molecular flexibility index (Phi) is 890. The minimum atomic E-state index is 0. The van der Waals surface area contributed by atoms with Crippen LogP contribution in [0.15, 0.2) is 22.6 Å². The molecule has 2 atom stereocenters. The molecule has 0 aromatic carbocycles. The van der Waals surface area contributed by atoms with Gasteiger partial charge >= 0.3 is 0 Å². The fraction of sp³-hybridized carbons (Fsp3) is 0.696. The number of aromatic nitrogens is 1. The van der Waals surface area contributed by atoms with Crippen molar-refractivity contribution in [2.75, 3.05) is 0 Å². The van der Waals surface area contributed by atoms with Gasteiger partial charge in [0.25, 0.3) is 0 Å². The largest absolute Gasteiger partial charge is 1.00 e. The van der Waals surface area contributed by atoms with E-state index in [4.69, 9.17) is 0 Å². The standard InChI is InChI=1S/C20H33NS.3CH4.34HI/c1-7-15(2)9-8-10-16(3)11-12-17(4)18(5)13-20-14-22-19(6)21-20;;;;;;;;;;;;;;;;;;;;;;;;;;;;;;;;;;;;;/h11,13-15,17H,7-10,12H2,1-6H3;3*1H4;34*1H/p-34/b16-11-,18-13+;;;;;;;;;;;;;;;;;;;;;;;;;;;;;;;;;;;;;/t15-,17+;;;;;;;;;;;;;;;;;;;;;;;;;;;;;;;;;;;;;/m1...................................../s1. The van der Waals surface area contributed by atoms with Crippen molar-refractivity contribution in [1.82, 2.24) is 4.98 Å². The lowest BCUT2D eigenvalue weighted by Gasteiger charge is -2.11. The van der Waals surface area contributed by atoms with Gasteiger partial charge in [0.2, 0.25) is 0 Å². The van der Waals surface area contributed by atoms with Crippen LogP contribution >= 0.6 is 11.3 Å². The summed E-state index contributed by atoms with van der Waals surface area (Å²) < 4.78 is 0. The summed E-state index contributed by atoms with van der Waals surface area (Å²) in [6.07, 6.45) is 11.1. The van der Waals surface area contributed by atoms with E-state index in [1.807, 2.05) is 0 Å². The van der Waals surface area contributed by atoms with Gasteiger partial charge in [-0.05, 0) is 57.9 Å². The van der Waals surface area contributed by atoms with E-state index in [0.717, 1.165) is 23.0 Å². The van der Waals surface area contributed by atoms with Crippen LogP contribution in [-0.2, 0) is 0 Å². The van der Waals surface area contributed by atoms with Gasteiger partial charge in [0.1, 0.15) is 0 Å². The molecule has 0 aliphatic carbocycles. The number of aryl methyl sites for hydroxylation is 1. The van der Waals surface area contributed by atoms with Crippen molar-refractivity contribution in [1.29, 1.82) is 0 Å². The Morgan fingerprint density at radius 3 is 1.02 bits per heavy atom. The van der Waals surface area contributed by atoms with E-state index in [-0.39, 0.29) is 837 Å². The van der Waals surface area contributed by atoms with Gasteiger partial charge in [-0.15, -0.1) is 11.3 Å². The first-order chi connectivity index (χ1) is 10.4. The molecule has 0 saturated carbocycles. The van der Waals surface area contributed by atoms with Crippen LogP contribution in [0.1, 0.15) is 99.7 Å². The second kappa shape index (κ2) is 199. The average Bonchev–Trinajstić information content (AvgIpc) is 2.89. The molecule has 0 bridgehead atoms. The van der Waals surface area contributed by atoms with Gasteiger partial charge in [-0.1, -0.05) is 73.1 Å². The maximum Gasteiger partial charge on any atom is 0.0901 e. The van der Waals surface area contributed by atoms with E-state index >= 15 is 0 Å². The highest BCUT2D eigenvalue weighted by atomic mass is 127. The Bertz CT molecular complexity index is 554. The lowest BCUT2D eigenvalue weighted by atomic mass is 9.95. The first-order valence-electron chi connectivity index (χ1n) is 8.68. The number of rotatable bonds is 9. The van der Waals surface area contributed by atoms with E-state index < -0.39 is 0 Å². The van der Waals surface area contributed by atoms with Crippen LogP contribution in [-0.4, -0.2) is 4.98 Å². The van der Waals surface area contributed by atoms with Crippen molar-refractivity contribution in [3.63, 3.8) is 0 Å². The summed E-state index contributed by atoms with van der Waals surface area (Å²) in [7, 11) is 0. The molecule has 0 amide bonds. The maximum absolute atomic E-state index is 4.52. The third kappa shape index (κ3) is 180. The molecule has 0 aliphatic rings. The monoisotopic (exact) mass is 4680 g/mol. The molecule has 420 valence electrons. The molecule has 0 fully saturated rings. The van der Waals surface area contributed by atoms with Crippen molar-refractivity contribution in [3.8, 4) is 0 Å². The second-order valence-electron chi connectivity index (χ2n) is 6.77. The Hall–Kier alpha value is 23.9. The van der Waals surface area contributed by atoms with E-state index in [1.165, 1.54) is 31.3 Å². The fourth-order valence-electron chi connectivity index (χ4n) is 2.42. The summed E-state index contributed by atoms with van der Waals surface area (Å²) in [6.45, 7) is 13.5. The predicted octanol–water partition coefficient (Wildman–Crippen LogP) is -92.9. The van der Waals surface area contributed by atoms with Crippen molar-refractivity contribution in [3.05, 3.63) is 33.3 Å². The van der Waals surface area contributed by atoms with Gasteiger partial charge in [0.15, 0.2) is 0 Å². The first-order valence-corrected chi connectivity index (χ1v) is 9.56. The molecule has 1 heterocycles. The highest BCUT2D eigenvalue weighted by molar-refractivity contribution is 7.09. The summed E-state index contributed by atoms with van der Waals surface area (Å²) >= 11 is 1.72. The zero-order chi connectivity index (χ0) is 16.5. The molecule has 36 heteroatoms. The van der Waals surface area contributed by atoms with Gasteiger partial charge in [0, 0.05) is 5.38 Å². The van der Waals surface area contributed by atoms with Gasteiger partial charge < -0.3 is 815 Å². The molecule has 0 unspecified atom stereocenters. The second-order valence-corrected chi connectivity index (χ2v) is 7.83. The van der Waals surface area contributed by atoms with Crippen LogP contribution in [0.2, 0.25) is 0 Å². The maximum atomic E-state index is 4.52. The summed E-state index contributed by atoms with van der Waals surface area (Å²) in [5.74, 6) is 1.46. The topological polar surface area (TPSA) is 12.9 Å². The third-order valence-electron chi connectivity index (χ3n) is 4.57. The Labute approximate surface area is 950 Å². The van der Waals surface area contributed by atoms with Crippen LogP contribution in [0.4, 0.5) is 0 Å². The van der Waals surface area contributed by atoms with Crippen LogP contribution in [0.5, 0.6) is 0 Å². The molecule has 59 heavy (non-hydrogen) atoms. The van der Waals surface area contributed by atoms with E-state index in [2.05, 4.69) is 64.1 Å². The molecule has 0 spiro atoms. The molecule has 1 rings (SSSR count). The molecular formula is C23H45I34NS-34. The summed E-state index contributed by atoms with van der Waals surface area (Å²) in [4.78, 5) is 4.52. The SMILES string of the molecule is C.C.C.CC[C@@H](C)CCC/C(C)=C\C[C@H](C)/C(C)=C/c1csc(C)n1.[I-].[I-].[I-].[I-].[I-].[I-].[I-].[I-].[I-].[I-].[I-].[I-].[I-].[I-].[I-].[I-].[I-].[I-].[I-].[I-].[I-].[I-].[I-].[I-].[I-].[I-].[I-].[I-].[I-].[I-].[I-].[I-].[I-].[I-]. The molecule has 0 radical (unpaired) electrons. The molecular weight excluding hydrogens is 4640 g/mol. The van der Waals surface area contributed by atoms with Gasteiger partial charge in [-0.25, -0.2) is 4.98 Å². The van der Waals surface area contributed by atoms with Crippen molar-refractivity contribution in [2.24, 2.45) is 11.8 Å². The first kappa shape index (κ1) is 264. The van der Waals surface area contributed by atoms with Crippen LogP contribution in [0.3, 0.4) is 0 Å². The Morgan fingerprint density at radius 2 is 0.797 bits per heavy atom. The van der Waals surface area contributed by atoms with Crippen molar-refractivity contribution in [2.45, 2.75) is 95.9 Å². The molecule has 1 aromatic rings. The van der Waals surface area contributed by atoms with Crippen LogP contribution in [0.25, 0.3) is 6.08 Å². The molecule has 1 aromatic heterocycles. The summed E-state index contributed by atoms with van der Waals surface area (Å²) in [5, 5.41) is 3.28. The quantitative estimate of drug-likeness (QED) is 0.177. The minimum Gasteiger partial charge on any atom is -1.00 e. The Balaban J connectivity index is -0.00000000374. The lowest BCUT2D eigenvalue weighted by molar-refractivity contribution is -0.00100. The van der Waals surface area contributed by atoms with Crippen LogP contribution < -0.4 is 815 Å². The van der Waals surface area contributed by atoms with Crippen molar-refractivity contribution >= 4 is 17.4 Å². The molecule has 1 nitrogen and oxygen atoms in total. The normalized spacial score (nSPS) is 5.93. The van der Waals surface area contributed by atoms with E-state index in [9.17, 15) is 0 Å². The fourth-order valence-corrected chi connectivity index (χ4v) is 2.99. The van der Waals surface area contributed by atoms with Gasteiger partial charge in [-0.2, -0.15) is 0 Å². The zero-order valence-corrected chi connectivity index (χ0v) is 102. The van der Waals surface area contributed by atoms with Crippen LogP contribution in [0, 0.1) is 18.8 Å². The van der Waals surface area contributed by atoms with E-state index in [1.54, 1.807) is 16.9 Å². The summed E-state index contributed by atoms with van der Waals surface area (Å²) in [6, 6.07) is 0. The number of halogens is 34. The Morgan fingerprint density at radius 1 is 0.525 bits per heavy atom. The number of nitrogens with zero attached hydrogens (tertiary/aromatic N) is 1. The average molecular weight is 4680 g/mol. The lowest BCUT2D eigenvalue weighted by Crippen LogP contribution is -3.00. The zero-order valence-electron chi connectivity index (χ0n) is 28.1. The highest BCUT2D eigenvalue weighted by Gasteiger charge is 2.05. The van der Waals surface area contributed by atoms with Crippen molar-refractivity contribution < 1.29 is 815 Å². The third-order valence-corrected chi connectivity index (χ3v) is 5.37. The molecule has 0 aliphatic heterocycles. The molecule has 0 N–H and O–H groups in total.